The van der Waals surface area contributed by atoms with Crippen molar-refractivity contribution < 1.29 is 30.3 Å². The fraction of sp³-hybridized carbons (Fsp3) is 0.600. The number of rotatable bonds is 3. The Morgan fingerprint density at radius 1 is 0.625 bits per heavy atom. The third-order valence-corrected chi connectivity index (χ3v) is 26.6. The van der Waals surface area contributed by atoms with E-state index in [2.05, 4.69) is 68.5 Å². The molecule has 0 N–H and O–H groups in total. The molecular weight excluding hydrogens is 398 g/mol. The summed E-state index contributed by atoms with van der Waals surface area (Å²) < 4.78 is 3.89. The molecule has 0 aromatic rings. The van der Waals surface area contributed by atoms with Crippen LogP contribution in [0.5, 0.6) is 0 Å². The predicted octanol–water partition coefficient (Wildman–Crippen LogP) is 0.116. The Bertz CT molecular complexity index is 586. The number of hydrogen-bond acceptors (Lipinski definition) is 0. The molecular formula is C20H33F2SiZr. The van der Waals surface area contributed by atoms with E-state index in [4.69, 9.17) is 0 Å². The van der Waals surface area contributed by atoms with Gasteiger partial charge in [0.25, 0.3) is 0 Å². The predicted molar refractivity (Wildman–Crippen MR) is 99.4 cm³/mol. The smallest absolute Gasteiger partial charge is 1.00 e. The molecule has 2 aliphatic carbocycles. The topological polar surface area (TPSA) is 0 Å². The Kier molecular flexibility index (Phi) is 8.51. The second-order valence-corrected chi connectivity index (χ2v) is 26.6. The Balaban J connectivity index is 0.00000264. The Morgan fingerprint density at radius 3 is 1.08 bits per heavy atom. The number of hydrogen-bond donors (Lipinski definition) is 0. The van der Waals surface area contributed by atoms with E-state index in [9.17, 15) is 0 Å². The minimum Gasteiger partial charge on any atom is -1.00 e. The average molecular weight is 431 g/mol. The van der Waals surface area contributed by atoms with Gasteiger partial charge in [-0.05, 0) is 0 Å². The van der Waals surface area contributed by atoms with Crippen LogP contribution in [0.1, 0.15) is 55.4 Å². The first-order valence-electron chi connectivity index (χ1n) is 8.75. The van der Waals surface area contributed by atoms with Gasteiger partial charge in [-0.2, -0.15) is 0 Å². The summed E-state index contributed by atoms with van der Waals surface area (Å²) in [5.74, 6) is 0.814. The second-order valence-electron chi connectivity index (χ2n) is 7.71. The maximum absolute atomic E-state index is 2.63. The molecule has 2 rings (SSSR count). The summed E-state index contributed by atoms with van der Waals surface area (Å²) in [6, 6.07) is 0. The van der Waals surface area contributed by atoms with E-state index < -0.39 is 26.8 Å². The van der Waals surface area contributed by atoms with E-state index in [1.54, 1.807) is 33.4 Å². The van der Waals surface area contributed by atoms with Crippen LogP contribution >= 0.6 is 0 Å². The molecule has 2 aliphatic rings. The van der Waals surface area contributed by atoms with Gasteiger partial charge in [0, 0.05) is 0 Å². The standard InChI is InChI=1S/2C9H13.C2H7Si.2FH.Zr/c2*1-6-5-7(2)9(4)8(6)3;1-3-2;;;/h2*6H,1-4H3;3H,1-2H3;2*1H;/q;;;;;+2/p-2. The largest absolute Gasteiger partial charge is 1.00 e. The fourth-order valence-corrected chi connectivity index (χ4v) is 27.3. The molecule has 0 amide bonds. The molecule has 24 heavy (non-hydrogen) atoms. The Labute approximate surface area is 156 Å². The van der Waals surface area contributed by atoms with Crippen molar-refractivity contribution >= 4 is 5.92 Å². The summed E-state index contributed by atoms with van der Waals surface area (Å²) in [7, 11) is 0. The first-order valence-corrected chi connectivity index (χ1v) is 18.4. The minimum atomic E-state index is -1.69. The monoisotopic (exact) mass is 429 g/mol. The maximum atomic E-state index is 2.63. The van der Waals surface area contributed by atoms with Crippen molar-refractivity contribution in [2.75, 3.05) is 0 Å². The van der Waals surface area contributed by atoms with E-state index in [-0.39, 0.29) is 9.41 Å². The molecule has 0 heterocycles. The minimum absolute atomic E-state index is 0. The Morgan fingerprint density at radius 2 is 0.917 bits per heavy atom. The average Bonchev–Trinajstić information content (AvgIpc) is 2.76. The zero-order valence-corrected chi connectivity index (χ0v) is 20.6. The summed E-state index contributed by atoms with van der Waals surface area (Å²) in [5.41, 5.74) is 9.84. The van der Waals surface area contributed by atoms with E-state index in [1.807, 2.05) is 6.56 Å². The third-order valence-electron chi connectivity index (χ3n) is 6.44. The molecule has 0 radical (unpaired) electrons. The first kappa shape index (κ1) is 23.9. The van der Waals surface area contributed by atoms with Crippen molar-refractivity contribution in [1.82, 2.24) is 0 Å². The SMILES string of the molecule is CC1=C(C)C(C)[C]([Zr+2]([C]2=C(C)C(C)=C(C)C2C)[SiH](C)C)=C1C.[F-].[F-]. The van der Waals surface area contributed by atoms with Gasteiger partial charge in [-0.3, -0.25) is 0 Å². The number of allylic oxidation sites excluding steroid dienone is 8. The molecule has 4 heteroatoms. The second kappa shape index (κ2) is 8.54. The van der Waals surface area contributed by atoms with Crippen LogP contribution in [-0.4, -0.2) is 5.92 Å². The van der Waals surface area contributed by atoms with Crippen LogP contribution in [0, 0.1) is 11.8 Å². The molecule has 2 unspecified atom stereocenters. The van der Waals surface area contributed by atoms with Crippen molar-refractivity contribution in [2.45, 2.75) is 68.5 Å². The van der Waals surface area contributed by atoms with E-state index in [0.29, 0.717) is 0 Å². The van der Waals surface area contributed by atoms with E-state index >= 15 is 0 Å². The van der Waals surface area contributed by atoms with E-state index in [1.165, 1.54) is 0 Å². The van der Waals surface area contributed by atoms with Crippen LogP contribution in [0.2, 0.25) is 13.1 Å². The molecule has 0 saturated heterocycles. The first-order chi connectivity index (χ1) is 10.1. The van der Waals surface area contributed by atoms with Crippen LogP contribution in [0.25, 0.3) is 0 Å². The van der Waals surface area contributed by atoms with Crippen LogP contribution in [-0.2, 0) is 20.9 Å². The summed E-state index contributed by atoms with van der Waals surface area (Å²) >= 11 is -1.69. The summed E-state index contributed by atoms with van der Waals surface area (Å²) in [6.07, 6.45) is 0. The van der Waals surface area contributed by atoms with Gasteiger partial charge in [-0.15, -0.1) is 0 Å². The van der Waals surface area contributed by atoms with Crippen LogP contribution in [0.3, 0.4) is 0 Å². The Hall–Kier alpha value is -0.0800. The summed E-state index contributed by atoms with van der Waals surface area (Å²) in [5, 5.41) is 0. The molecule has 0 aliphatic heterocycles. The number of halogens is 2. The van der Waals surface area contributed by atoms with Crippen molar-refractivity contribution in [3.05, 3.63) is 40.0 Å². The molecule has 0 nitrogen and oxygen atoms in total. The van der Waals surface area contributed by atoms with Crippen molar-refractivity contribution in [3.8, 4) is 0 Å². The summed E-state index contributed by atoms with van der Waals surface area (Å²) in [4.78, 5) is 0. The fourth-order valence-electron chi connectivity index (χ4n) is 4.37. The maximum Gasteiger partial charge on any atom is -1.00 e. The molecule has 2 atom stereocenters. The molecule has 0 saturated carbocycles. The van der Waals surface area contributed by atoms with Gasteiger partial charge >= 0.3 is 147 Å². The van der Waals surface area contributed by atoms with Gasteiger partial charge in [-0.1, -0.05) is 0 Å². The molecule has 0 aromatic carbocycles. The zero-order valence-electron chi connectivity index (χ0n) is 17.0. The van der Waals surface area contributed by atoms with Gasteiger partial charge in [0.1, 0.15) is 0 Å². The van der Waals surface area contributed by atoms with Crippen molar-refractivity contribution in [3.63, 3.8) is 0 Å². The van der Waals surface area contributed by atoms with Gasteiger partial charge in [-0.25, -0.2) is 0 Å². The van der Waals surface area contributed by atoms with Gasteiger partial charge in [0.05, 0.1) is 0 Å². The molecule has 0 aromatic heterocycles. The van der Waals surface area contributed by atoms with Gasteiger partial charge < -0.3 is 9.41 Å². The van der Waals surface area contributed by atoms with Crippen LogP contribution in [0.4, 0.5) is 0 Å². The molecule has 0 bridgehead atoms. The molecule has 0 spiro atoms. The van der Waals surface area contributed by atoms with E-state index in [0.717, 1.165) is 11.8 Å². The van der Waals surface area contributed by atoms with Gasteiger partial charge in [0.15, 0.2) is 0 Å². The third kappa shape index (κ3) is 3.56. The van der Waals surface area contributed by atoms with Gasteiger partial charge in [0.2, 0.25) is 0 Å². The quantitative estimate of drug-likeness (QED) is 0.558. The van der Waals surface area contributed by atoms with Crippen molar-refractivity contribution in [1.29, 1.82) is 0 Å². The van der Waals surface area contributed by atoms with Crippen molar-refractivity contribution in [2.24, 2.45) is 11.8 Å². The normalized spacial score (nSPS) is 24.1. The van der Waals surface area contributed by atoms with Crippen LogP contribution in [0.15, 0.2) is 40.0 Å². The molecule has 0 fully saturated rings. The van der Waals surface area contributed by atoms with Crippen LogP contribution < -0.4 is 9.41 Å². The summed E-state index contributed by atoms with van der Waals surface area (Å²) in [6.45, 7) is 24.5. The zero-order chi connectivity index (χ0) is 16.9. The molecule has 135 valence electrons.